The highest BCUT2D eigenvalue weighted by molar-refractivity contribution is 7.90. The zero-order valence-corrected chi connectivity index (χ0v) is 19.4. The van der Waals surface area contributed by atoms with Crippen LogP contribution >= 0.6 is 0 Å². The molecular weight excluding hydrogens is 410 g/mol. The van der Waals surface area contributed by atoms with Gasteiger partial charge in [0.2, 0.25) is 20.9 Å². The SMILES string of the molecule is CC(C)C(=O)N(Cc1cnc(S(=O)(=O)Cc2ccccc2)n1C1CCCCC1)C1CC1. The van der Waals surface area contributed by atoms with Crippen LogP contribution in [0.15, 0.2) is 41.7 Å². The Kier molecular flexibility index (Phi) is 6.51. The molecule has 0 N–H and O–H groups in total. The van der Waals surface area contributed by atoms with Gasteiger partial charge in [0.1, 0.15) is 0 Å². The molecule has 0 unspecified atom stereocenters. The third-order valence-electron chi connectivity index (χ3n) is 6.35. The van der Waals surface area contributed by atoms with E-state index >= 15 is 0 Å². The second-order valence-corrected chi connectivity index (χ2v) is 11.2. The molecule has 7 heteroatoms. The van der Waals surface area contributed by atoms with Crippen molar-refractivity contribution in [1.82, 2.24) is 14.5 Å². The second-order valence-electron chi connectivity index (χ2n) is 9.29. The Hall–Kier alpha value is -2.15. The van der Waals surface area contributed by atoms with Gasteiger partial charge in [-0.1, -0.05) is 63.4 Å². The maximum Gasteiger partial charge on any atom is 0.228 e. The first-order valence-electron chi connectivity index (χ1n) is 11.5. The fourth-order valence-corrected chi connectivity index (χ4v) is 6.13. The van der Waals surface area contributed by atoms with Crippen molar-refractivity contribution in [1.29, 1.82) is 0 Å². The lowest BCUT2D eigenvalue weighted by Crippen LogP contribution is -2.36. The van der Waals surface area contributed by atoms with Crippen LogP contribution in [0.1, 0.15) is 76.1 Å². The predicted octanol–water partition coefficient (Wildman–Crippen LogP) is 4.51. The average molecular weight is 444 g/mol. The first-order chi connectivity index (χ1) is 14.9. The Bertz CT molecular complexity index is 1000. The van der Waals surface area contributed by atoms with E-state index in [9.17, 15) is 13.2 Å². The molecule has 0 saturated heterocycles. The number of hydrogen-bond acceptors (Lipinski definition) is 4. The highest BCUT2D eigenvalue weighted by Gasteiger charge is 2.36. The zero-order valence-electron chi connectivity index (χ0n) is 18.5. The van der Waals surface area contributed by atoms with Crippen molar-refractivity contribution in [3.63, 3.8) is 0 Å². The molecule has 1 heterocycles. The zero-order chi connectivity index (χ0) is 22.0. The number of carbonyl (C=O) groups is 1. The van der Waals surface area contributed by atoms with Gasteiger partial charge in [0.05, 0.1) is 24.2 Å². The molecule has 1 amide bonds. The summed E-state index contributed by atoms with van der Waals surface area (Å²) in [7, 11) is -3.60. The van der Waals surface area contributed by atoms with Crippen LogP contribution in [0.25, 0.3) is 0 Å². The molecule has 0 bridgehead atoms. The van der Waals surface area contributed by atoms with Crippen molar-refractivity contribution >= 4 is 15.7 Å². The van der Waals surface area contributed by atoms with Crippen LogP contribution in [-0.2, 0) is 26.9 Å². The largest absolute Gasteiger partial charge is 0.334 e. The molecule has 2 aliphatic rings. The number of rotatable bonds is 8. The summed E-state index contributed by atoms with van der Waals surface area (Å²) in [6.45, 7) is 4.28. The molecule has 2 fully saturated rings. The number of nitrogens with zero attached hydrogens (tertiary/aromatic N) is 3. The van der Waals surface area contributed by atoms with E-state index in [4.69, 9.17) is 0 Å². The minimum Gasteiger partial charge on any atom is -0.334 e. The number of sulfone groups is 1. The fourth-order valence-electron chi connectivity index (χ4n) is 4.59. The average Bonchev–Trinajstić information content (AvgIpc) is 3.51. The van der Waals surface area contributed by atoms with E-state index in [0.717, 1.165) is 49.8 Å². The van der Waals surface area contributed by atoms with Gasteiger partial charge in [-0.15, -0.1) is 0 Å². The molecule has 1 aromatic carbocycles. The maximum absolute atomic E-state index is 13.4. The van der Waals surface area contributed by atoms with Crippen molar-refractivity contribution in [3.05, 3.63) is 47.8 Å². The Labute approximate surface area is 185 Å². The molecule has 168 valence electrons. The summed E-state index contributed by atoms with van der Waals surface area (Å²) in [4.78, 5) is 19.2. The number of hydrogen-bond donors (Lipinski definition) is 0. The molecule has 2 aliphatic carbocycles. The van der Waals surface area contributed by atoms with Crippen molar-refractivity contribution < 1.29 is 13.2 Å². The highest BCUT2D eigenvalue weighted by atomic mass is 32.2. The molecule has 4 rings (SSSR count). The van der Waals surface area contributed by atoms with Crippen molar-refractivity contribution in [2.24, 2.45) is 5.92 Å². The lowest BCUT2D eigenvalue weighted by molar-refractivity contribution is -0.135. The summed E-state index contributed by atoms with van der Waals surface area (Å²) in [5.74, 6) is -0.00519. The molecule has 0 atom stereocenters. The van der Waals surface area contributed by atoms with Crippen LogP contribution in [0.2, 0.25) is 0 Å². The first-order valence-corrected chi connectivity index (χ1v) is 13.2. The van der Waals surface area contributed by atoms with E-state index in [2.05, 4.69) is 4.98 Å². The van der Waals surface area contributed by atoms with Gasteiger partial charge in [-0.25, -0.2) is 13.4 Å². The normalized spacial score (nSPS) is 17.8. The molecule has 2 saturated carbocycles. The van der Waals surface area contributed by atoms with Gasteiger partial charge in [0, 0.05) is 18.0 Å². The summed E-state index contributed by atoms with van der Waals surface area (Å²) < 4.78 is 28.7. The van der Waals surface area contributed by atoms with Crippen molar-refractivity contribution in [3.8, 4) is 0 Å². The summed E-state index contributed by atoms with van der Waals surface area (Å²) >= 11 is 0. The Morgan fingerprint density at radius 3 is 2.39 bits per heavy atom. The Balaban J connectivity index is 1.69. The predicted molar refractivity (Wildman–Crippen MR) is 120 cm³/mol. The van der Waals surface area contributed by atoms with E-state index in [0.29, 0.717) is 6.54 Å². The minimum absolute atomic E-state index is 0.0612. The molecule has 31 heavy (non-hydrogen) atoms. The van der Waals surface area contributed by atoms with Gasteiger partial charge in [0.25, 0.3) is 0 Å². The van der Waals surface area contributed by atoms with Crippen LogP contribution in [0.3, 0.4) is 0 Å². The number of carbonyl (C=O) groups excluding carboxylic acids is 1. The van der Waals surface area contributed by atoms with Crippen LogP contribution < -0.4 is 0 Å². The van der Waals surface area contributed by atoms with E-state index in [1.807, 2.05) is 53.6 Å². The third-order valence-corrected chi connectivity index (χ3v) is 7.93. The van der Waals surface area contributed by atoms with Crippen LogP contribution in [-0.4, -0.2) is 34.8 Å². The molecule has 0 aliphatic heterocycles. The molecular formula is C24H33N3O3S. The fraction of sp³-hybridized carbons (Fsp3) is 0.583. The topological polar surface area (TPSA) is 72.3 Å². The monoisotopic (exact) mass is 443 g/mol. The van der Waals surface area contributed by atoms with Crippen molar-refractivity contribution in [2.45, 2.75) is 88.3 Å². The summed E-state index contributed by atoms with van der Waals surface area (Å²) in [5, 5.41) is 0.158. The minimum atomic E-state index is -3.60. The molecule has 6 nitrogen and oxygen atoms in total. The van der Waals surface area contributed by atoms with Gasteiger partial charge >= 0.3 is 0 Å². The van der Waals surface area contributed by atoms with Crippen LogP contribution in [0.4, 0.5) is 0 Å². The Morgan fingerprint density at radius 2 is 1.77 bits per heavy atom. The number of amides is 1. The summed E-state index contributed by atoms with van der Waals surface area (Å²) in [6.07, 6.45) is 9.03. The molecule has 1 aromatic heterocycles. The Morgan fingerprint density at radius 1 is 1.10 bits per heavy atom. The molecule has 0 radical (unpaired) electrons. The van der Waals surface area contributed by atoms with E-state index in [1.54, 1.807) is 6.20 Å². The van der Waals surface area contributed by atoms with E-state index in [-0.39, 0.29) is 34.8 Å². The van der Waals surface area contributed by atoms with Gasteiger partial charge in [-0.2, -0.15) is 0 Å². The summed E-state index contributed by atoms with van der Waals surface area (Å²) in [5.41, 5.74) is 1.61. The van der Waals surface area contributed by atoms with Crippen LogP contribution in [0, 0.1) is 5.92 Å². The van der Waals surface area contributed by atoms with E-state index < -0.39 is 9.84 Å². The lowest BCUT2D eigenvalue weighted by atomic mass is 9.95. The smallest absolute Gasteiger partial charge is 0.228 e. The standard InChI is InChI=1S/C24H33N3O3S/c1-18(2)23(28)26(20-13-14-20)16-22-15-25-24(27(22)21-11-7-4-8-12-21)31(29,30)17-19-9-5-3-6-10-19/h3,5-6,9-10,15,18,20-21H,4,7-8,11-14,16-17H2,1-2H3. The van der Waals surface area contributed by atoms with E-state index in [1.165, 1.54) is 6.42 Å². The molecule has 2 aromatic rings. The van der Waals surface area contributed by atoms with Crippen LogP contribution in [0.5, 0.6) is 0 Å². The van der Waals surface area contributed by atoms with Crippen molar-refractivity contribution in [2.75, 3.05) is 0 Å². The second kappa shape index (κ2) is 9.15. The lowest BCUT2D eigenvalue weighted by Gasteiger charge is -2.29. The number of imidazole rings is 1. The third kappa shape index (κ3) is 5.03. The number of aromatic nitrogens is 2. The highest BCUT2D eigenvalue weighted by Crippen LogP contribution is 2.35. The van der Waals surface area contributed by atoms with Gasteiger partial charge in [-0.3, -0.25) is 4.79 Å². The maximum atomic E-state index is 13.4. The number of benzene rings is 1. The van der Waals surface area contributed by atoms with Gasteiger partial charge < -0.3 is 9.47 Å². The van der Waals surface area contributed by atoms with Gasteiger partial charge in [-0.05, 0) is 31.2 Å². The summed E-state index contributed by atoms with van der Waals surface area (Å²) in [6, 6.07) is 9.67. The quantitative estimate of drug-likeness (QED) is 0.602. The first kappa shape index (κ1) is 22.1. The van der Waals surface area contributed by atoms with Gasteiger partial charge in [0.15, 0.2) is 0 Å². The molecule has 0 spiro atoms.